The molecule has 4 N–H and O–H groups in total. The van der Waals surface area contributed by atoms with Crippen molar-refractivity contribution >= 4 is 22.4 Å². The first-order chi connectivity index (χ1) is 9.24. The monoisotopic (exact) mass is 262 g/mol. The standard InChI is InChI=1S/C13H18N4O2/c14-9-4-5-10(12-11(9)16-19-17-12)15-13(8-18)6-2-1-3-7-13/h4-5,15,18H,1-3,6-8,14H2. The fraction of sp³-hybridized carbons (Fsp3) is 0.538. The number of nitrogens with one attached hydrogen (secondary N) is 1. The molecule has 1 aromatic heterocycles. The van der Waals surface area contributed by atoms with Crippen LogP contribution in [0.4, 0.5) is 11.4 Å². The average molecular weight is 262 g/mol. The van der Waals surface area contributed by atoms with E-state index >= 15 is 0 Å². The van der Waals surface area contributed by atoms with Gasteiger partial charge in [0.2, 0.25) is 0 Å². The summed E-state index contributed by atoms with van der Waals surface area (Å²) in [6.07, 6.45) is 5.40. The van der Waals surface area contributed by atoms with E-state index in [1.807, 2.05) is 6.07 Å². The van der Waals surface area contributed by atoms with Crippen molar-refractivity contribution in [2.45, 2.75) is 37.6 Å². The van der Waals surface area contributed by atoms with Crippen LogP contribution in [0.3, 0.4) is 0 Å². The number of nitrogens with zero attached hydrogens (tertiary/aromatic N) is 2. The van der Waals surface area contributed by atoms with E-state index in [-0.39, 0.29) is 12.1 Å². The van der Waals surface area contributed by atoms with Gasteiger partial charge in [0.05, 0.1) is 23.5 Å². The molecule has 0 aliphatic heterocycles. The molecule has 6 heteroatoms. The molecule has 0 bridgehead atoms. The van der Waals surface area contributed by atoms with E-state index in [1.165, 1.54) is 6.42 Å². The maximum absolute atomic E-state index is 9.73. The van der Waals surface area contributed by atoms with Gasteiger partial charge in [0.1, 0.15) is 0 Å². The third kappa shape index (κ3) is 2.12. The summed E-state index contributed by atoms with van der Waals surface area (Å²) >= 11 is 0. The molecule has 19 heavy (non-hydrogen) atoms. The van der Waals surface area contributed by atoms with Gasteiger partial charge < -0.3 is 16.2 Å². The van der Waals surface area contributed by atoms with Crippen molar-refractivity contribution in [3.63, 3.8) is 0 Å². The Kier molecular flexibility index (Phi) is 3.02. The molecule has 1 aromatic carbocycles. The molecule has 1 saturated carbocycles. The van der Waals surface area contributed by atoms with Crippen molar-refractivity contribution in [2.75, 3.05) is 17.7 Å². The van der Waals surface area contributed by atoms with Crippen molar-refractivity contribution in [1.82, 2.24) is 10.3 Å². The van der Waals surface area contributed by atoms with Crippen LogP contribution >= 0.6 is 0 Å². The smallest absolute Gasteiger partial charge is 0.160 e. The molecule has 3 rings (SSSR count). The topological polar surface area (TPSA) is 97.2 Å². The van der Waals surface area contributed by atoms with Gasteiger partial charge in [-0.15, -0.1) is 0 Å². The molecule has 1 aliphatic rings. The number of rotatable bonds is 3. The van der Waals surface area contributed by atoms with Crippen LogP contribution in [0.2, 0.25) is 0 Å². The summed E-state index contributed by atoms with van der Waals surface area (Å²) in [5.74, 6) is 0. The average Bonchev–Trinajstić information content (AvgIpc) is 2.94. The minimum atomic E-state index is -0.264. The highest BCUT2D eigenvalue weighted by Gasteiger charge is 2.32. The summed E-state index contributed by atoms with van der Waals surface area (Å²) < 4.78 is 4.76. The third-order valence-corrected chi connectivity index (χ3v) is 3.96. The van der Waals surface area contributed by atoms with E-state index in [2.05, 4.69) is 15.6 Å². The van der Waals surface area contributed by atoms with Crippen LogP contribution in [-0.4, -0.2) is 27.6 Å². The predicted octanol–water partition coefficient (Wildman–Crippen LogP) is 1.91. The quantitative estimate of drug-likeness (QED) is 0.731. The number of nitrogen functional groups attached to an aromatic ring is 1. The SMILES string of the molecule is Nc1ccc(NC2(CO)CCCCC2)c2nonc12. The fourth-order valence-electron chi connectivity index (χ4n) is 2.82. The second-order valence-corrected chi connectivity index (χ2v) is 5.29. The fourth-order valence-corrected chi connectivity index (χ4v) is 2.82. The Morgan fingerprint density at radius 1 is 1.21 bits per heavy atom. The predicted molar refractivity (Wildman–Crippen MR) is 72.7 cm³/mol. The van der Waals surface area contributed by atoms with Crippen LogP contribution in [0, 0.1) is 0 Å². The van der Waals surface area contributed by atoms with Crippen molar-refractivity contribution in [3.8, 4) is 0 Å². The summed E-state index contributed by atoms with van der Waals surface area (Å²) in [6.45, 7) is 0.115. The van der Waals surface area contributed by atoms with Crippen molar-refractivity contribution < 1.29 is 9.74 Å². The first-order valence-corrected chi connectivity index (χ1v) is 6.64. The molecule has 0 saturated heterocycles. The van der Waals surface area contributed by atoms with Crippen LogP contribution in [0.1, 0.15) is 32.1 Å². The Balaban J connectivity index is 1.96. The Morgan fingerprint density at radius 2 is 1.95 bits per heavy atom. The molecule has 1 fully saturated rings. The van der Waals surface area contributed by atoms with Crippen LogP contribution in [0.15, 0.2) is 16.8 Å². The number of aromatic nitrogens is 2. The summed E-state index contributed by atoms with van der Waals surface area (Å²) in [5.41, 5.74) is 8.12. The van der Waals surface area contributed by atoms with Gasteiger partial charge in [0, 0.05) is 0 Å². The number of anilines is 2. The lowest BCUT2D eigenvalue weighted by atomic mass is 9.82. The number of hydrogen-bond acceptors (Lipinski definition) is 6. The highest BCUT2D eigenvalue weighted by atomic mass is 16.6. The molecule has 0 unspecified atom stereocenters. The summed E-state index contributed by atoms with van der Waals surface area (Å²) in [4.78, 5) is 0. The molecule has 1 aliphatic carbocycles. The van der Waals surface area contributed by atoms with Crippen molar-refractivity contribution in [1.29, 1.82) is 0 Å². The highest BCUT2D eigenvalue weighted by molar-refractivity contribution is 5.95. The summed E-state index contributed by atoms with van der Waals surface area (Å²) in [5, 5.41) is 20.9. The number of nitrogens with two attached hydrogens (primary N) is 1. The van der Waals surface area contributed by atoms with E-state index in [0.29, 0.717) is 16.7 Å². The van der Waals surface area contributed by atoms with E-state index in [0.717, 1.165) is 31.4 Å². The lowest BCUT2D eigenvalue weighted by Crippen LogP contribution is -2.43. The first-order valence-electron chi connectivity index (χ1n) is 6.64. The van der Waals surface area contributed by atoms with Crippen LogP contribution in [0.5, 0.6) is 0 Å². The van der Waals surface area contributed by atoms with E-state index < -0.39 is 0 Å². The van der Waals surface area contributed by atoms with Crippen LogP contribution in [0.25, 0.3) is 11.0 Å². The molecule has 0 atom stereocenters. The van der Waals surface area contributed by atoms with Gasteiger partial charge in [-0.3, -0.25) is 0 Å². The lowest BCUT2D eigenvalue weighted by molar-refractivity contribution is 0.173. The molecule has 0 radical (unpaired) electrons. The normalized spacial score (nSPS) is 18.6. The van der Waals surface area contributed by atoms with Gasteiger partial charge in [0.15, 0.2) is 11.0 Å². The Morgan fingerprint density at radius 3 is 2.68 bits per heavy atom. The molecule has 0 amide bonds. The van der Waals surface area contributed by atoms with Gasteiger partial charge in [-0.1, -0.05) is 19.3 Å². The number of aliphatic hydroxyl groups excluding tert-OH is 1. The van der Waals surface area contributed by atoms with Crippen LogP contribution in [-0.2, 0) is 0 Å². The van der Waals surface area contributed by atoms with Gasteiger partial charge in [-0.2, -0.15) is 0 Å². The zero-order valence-electron chi connectivity index (χ0n) is 10.7. The maximum atomic E-state index is 9.73. The second-order valence-electron chi connectivity index (χ2n) is 5.29. The molecule has 1 heterocycles. The molecular formula is C13H18N4O2. The first kappa shape index (κ1) is 12.2. The van der Waals surface area contributed by atoms with Gasteiger partial charge >= 0.3 is 0 Å². The van der Waals surface area contributed by atoms with Gasteiger partial charge in [-0.25, -0.2) is 4.63 Å². The molecular weight excluding hydrogens is 244 g/mol. The van der Waals surface area contributed by atoms with E-state index in [9.17, 15) is 5.11 Å². The number of benzene rings is 1. The van der Waals surface area contributed by atoms with Gasteiger partial charge in [-0.05, 0) is 35.3 Å². The van der Waals surface area contributed by atoms with Crippen LogP contribution < -0.4 is 11.1 Å². The minimum absolute atomic E-state index is 0.115. The zero-order valence-corrected chi connectivity index (χ0v) is 10.7. The van der Waals surface area contributed by atoms with E-state index in [4.69, 9.17) is 10.4 Å². The second kappa shape index (κ2) is 4.70. The van der Waals surface area contributed by atoms with Crippen molar-refractivity contribution in [2.24, 2.45) is 0 Å². The maximum Gasteiger partial charge on any atom is 0.160 e. The summed E-state index contributed by atoms with van der Waals surface area (Å²) in [6, 6.07) is 3.65. The minimum Gasteiger partial charge on any atom is -0.397 e. The third-order valence-electron chi connectivity index (χ3n) is 3.96. The molecule has 102 valence electrons. The number of fused-ring (bicyclic) bond motifs is 1. The van der Waals surface area contributed by atoms with Crippen molar-refractivity contribution in [3.05, 3.63) is 12.1 Å². The summed E-state index contributed by atoms with van der Waals surface area (Å²) in [7, 11) is 0. The molecule has 6 nitrogen and oxygen atoms in total. The lowest BCUT2D eigenvalue weighted by Gasteiger charge is -2.37. The van der Waals surface area contributed by atoms with E-state index in [1.54, 1.807) is 6.07 Å². The largest absolute Gasteiger partial charge is 0.397 e. The Bertz CT molecular complexity index is 575. The number of hydrogen-bond donors (Lipinski definition) is 3. The zero-order chi connectivity index (χ0) is 13.3. The Hall–Kier alpha value is -1.82. The molecule has 2 aromatic rings. The Labute approximate surface area is 110 Å². The number of aliphatic hydroxyl groups is 1. The highest BCUT2D eigenvalue weighted by Crippen LogP contribution is 2.34. The van der Waals surface area contributed by atoms with Gasteiger partial charge in [0.25, 0.3) is 0 Å². The molecule has 0 spiro atoms.